The van der Waals surface area contributed by atoms with Crippen LogP contribution in [0.3, 0.4) is 0 Å². The van der Waals surface area contributed by atoms with Crippen molar-refractivity contribution in [3.05, 3.63) is 95.8 Å². The maximum absolute atomic E-state index is 12.9. The van der Waals surface area contributed by atoms with Crippen molar-refractivity contribution < 1.29 is 13.9 Å². The van der Waals surface area contributed by atoms with Crippen LogP contribution < -0.4 is 15.4 Å². The van der Waals surface area contributed by atoms with Gasteiger partial charge in [0.2, 0.25) is 0 Å². The molecular formula is C22H19FN2O2S. The van der Waals surface area contributed by atoms with E-state index in [0.29, 0.717) is 23.6 Å². The van der Waals surface area contributed by atoms with Crippen molar-refractivity contribution in [3.8, 4) is 5.75 Å². The number of carbonyl (C=O) groups is 1. The molecule has 0 unspecified atom stereocenters. The van der Waals surface area contributed by atoms with Crippen LogP contribution in [-0.2, 0) is 6.42 Å². The molecule has 3 aromatic carbocycles. The highest BCUT2D eigenvalue weighted by Gasteiger charge is 2.08. The lowest BCUT2D eigenvalue weighted by molar-refractivity contribution is 0.0977. The van der Waals surface area contributed by atoms with Gasteiger partial charge in [-0.3, -0.25) is 10.1 Å². The number of benzene rings is 3. The van der Waals surface area contributed by atoms with Crippen LogP contribution in [0, 0.1) is 5.82 Å². The quantitative estimate of drug-likeness (QED) is 0.601. The second kappa shape index (κ2) is 9.62. The van der Waals surface area contributed by atoms with Gasteiger partial charge in [-0.25, -0.2) is 4.39 Å². The van der Waals surface area contributed by atoms with Gasteiger partial charge in [0.05, 0.1) is 6.61 Å². The number of carbonyl (C=O) groups excluding carboxylic acids is 1. The summed E-state index contributed by atoms with van der Waals surface area (Å²) in [6, 6.07) is 22.7. The molecule has 1 amide bonds. The van der Waals surface area contributed by atoms with E-state index in [9.17, 15) is 9.18 Å². The molecule has 0 spiro atoms. The Hall–Kier alpha value is -3.25. The van der Waals surface area contributed by atoms with Gasteiger partial charge in [-0.2, -0.15) is 0 Å². The minimum atomic E-state index is -0.409. The van der Waals surface area contributed by atoms with Gasteiger partial charge in [0.1, 0.15) is 11.6 Å². The predicted molar refractivity (Wildman–Crippen MR) is 112 cm³/mol. The summed E-state index contributed by atoms with van der Waals surface area (Å²) in [4.78, 5) is 12.1. The molecule has 0 heterocycles. The van der Waals surface area contributed by atoms with Crippen LogP contribution in [0.15, 0.2) is 78.9 Å². The maximum Gasteiger partial charge on any atom is 0.257 e. The van der Waals surface area contributed by atoms with Crippen LogP contribution in [0.5, 0.6) is 5.75 Å². The minimum absolute atomic E-state index is 0.149. The largest absolute Gasteiger partial charge is 0.493 e. The second-order valence-corrected chi connectivity index (χ2v) is 6.44. The molecule has 142 valence electrons. The molecule has 0 atom stereocenters. The molecule has 6 heteroatoms. The number of rotatable bonds is 6. The zero-order valence-corrected chi connectivity index (χ0v) is 15.8. The van der Waals surface area contributed by atoms with Gasteiger partial charge in [-0.15, -0.1) is 0 Å². The van der Waals surface area contributed by atoms with E-state index >= 15 is 0 Å². The molecule has 0 aliphatic heterocycles. The Bertz CT molecular complexity index is 946. The number of amides is 1. The smallest absolute Gasteiger partial charge is 0.257 e. The molecule has 0 fully saturated rings. The average molecular weight is 394 g/mol. The lowest BCUT2D eigenvalue weighted by atomic mass is 10.2. The van der Waals surface area contributed by atoms with Gasteiger partial charge >= 0.3 is 0 Å². The Morgan fingerprint density at radius 1 is 0.964 bits per heavy atom. The summed E-state index contributed by atoms with van der Waals surface area (Å²) in [5.74, 6) is -0.109. The number of hydrogen-bond acceptors (Lipinski definition) is 3. The molecular weight excluding hydrogens is 375 g/mol. The van der Waals surface area contributed by atoms with Gasteiger partial charge in [0.15, 0.2) is 5.11 Å². The van der Waals surface area contributed by atoms with E-state index in [1.807, 2.05) is 36.4 Å². The number of thiocarbonyl (C=S) groups is 1. The number of anilines is 1. The molecule has 0 aliphatic rings. The minimum Gasteiger partial charge on any atom is -0.493 e. The zero-order chi connectivity index (χ0) is 19.8. The zero-order valence-electron chi connectivity index (χ0n) is 15.0. The van der Waals surface area contributed by atoms with Crippen molar-refractivity contribution in [2.24, 2.45) is 0 Å². The molecule has 3 aromatic rings. The van der Waals surface area contributed by atoms with Crippen molar-refractivity contribution in [2.45, 2.75) is 6.42 Å². The molecule has 3 rings (SSSR count). The van der Waals surface area contributed by atoms with Crippen LogP contribution in [-0.4, -0.2) is 17.6 Å². The van der Waals surface area contributed by atoms with Crippen LogP contribution in [0.25, 0.3) is 0 Å². The van der Waals surface area contributed by atoms with Crippen LogP contribution >= 0.6 is 12.2 Å². The Labute approximate surface area is 168 Å². The van der Waals surface area contributed by atoms with Crippen molar-refractivity contribution >= 4 is 28.9 Å². The summed E-state index contributed by atoms with van der Waals surface area (Å²) in [7, 11) is 0. The molecule has 0 saturated carbocycles. The topological polar surface area (TPSA) is 50.4 Å². The van der Waals surface area contributed by atoms with Crippen LogP contribution in [0.4, 0.5) is 10.1 Å². The highest BCUT2D eigenvalue weighted by molar-refractivity contribution is 7.80. The Balaban J connectivity index is 1.51. The fourth-order valence-corrected chi connectivity index (χ4v) is 2.74. The number of ether oxygens (including phenoxy) is 1. The summed E-state index contributed by atoms with van der Waals surface area (Å²) in [5, 5.41) is 5.66. The van der Waals surface area contributed by atoms with Gasteiger partial charge < -0.3 is 10.1 Å². The first kappa shape index (κ1) is 19.5. The SMILES string of the molecule is O=C(NC(=S)Nc1cccc(OCCc2ccccc2)c1)c1ccc(F)cc1. The molecule has 0 bridgehead atoms. The third kappa shape index (κ3) is 5.89. The molecule has 2 N–H and O–H groups in total. The molecule has 4 nitrogen and oxygen atoms in total. The Morgan fingerprint density at radius 2 is 1.71 bits per heavy atom. The number of nitrogens with one attached hydrogen (secondary N) is 2. The summed E-state index contributed by atoms with van der Waals surface area (Å²) < 4.78 is 18.7. The molecule has 0 aliphatic carbocycles. The lowest BCUT2D eigenvalue weighted by Crippen LogP contribution is -2.34. The third-order valence-electron chi connectivity index (χ3n) is 3.93. The Kier molecular flexibility index (Phi) is 6.70. The van der Waals surface area contributed by atoms with Gasteiger partial charge in [-0.05, 0) is 54.2 Å². The monoisotopic (exact) mass is 394 g/mol. The number of hydrogen-bond donors (Lipinski definition) is 2. The first-order chi connectivity index (χ1) is 13.6. The highest BCUT2D eigenvalue weighted by atomic mass is 32.1. The average Bonchev–Trinajstić information content (AvgIpc) is 2.69. The Morgan fingerprint density at radius 3 is 2.46 bits per heavy atom. The van der Waals surface area contributed by atoms with Crippen LogP contribution in [0.1, 0.15) is 15.9 Å². The van der Waals surface area contributed by atoms with Crippen molar-refractivity contribution in [3.63, 3.8) is 0 Å². The highest BCUT2D eigenvalue weighted by Crippen LogP contribution is 2.17. The maximum atomic E-state index is 12.9. The summed E-state index contributed by atoms with van der Waals surface area (Å²) >= 11 is 5.17. The van der Waals surface area contributed by atoms with E-state index in [2.05, 4.69) is 22.8 Å². The van der Waals surface area contributed by atoms with E-state index in [0.717, 1.165) is 6.42 Å². The van der Waals surface area contributed by atoms with Gasteiger partial charge in [0.25, 0.3) is 5.91 Å². The molecule has 0 aromatic heterocycles. The first-order valence-electron chi connectivity index (χ1n) is 8.75. The van der Waals surface area contributed by atoms with Crippen LogP contribution in [0.2, 0.25) is 0 Å². The molecule has 0 radical (unpaired) electrons. The lowest BCUT2D eigenvalue weighted by Gasteiger charge is -2.11. The van der Waals surface area contributed by atoms with E-state index in [-0.39, 0.29) is 5.11 Å². The summed E-state index contributed by atoms with van der Waals surface area (Å²) in [5.41, 5.74) is 2.23. The standard InChI is InChI=1S/C22H19FN2O2S/c23-18-11-9-17(10-12-18)21(26)25-22(28)24-19-7-4-8-20(15-19)27-14-13-16-5-2-1-3-6-16/h1-12,15H,13-14H2,(H2,24,25,26,28). The normalized spacial score (nSPS) is 10.2. The molecule has 0 saturated heterocycles. The van der Waals surface area contributed by atoms with Crippen molar-refractivity contribution in [2.75, 3.05) is 11.9 Å². The number of halogens is 1. The fraction of sp³-hybridized carbons (Fsp3) is 0.0909. The van der Waals surface area contributed by atoms with E-state index < -0.39 is 11.7 Å². The van der Waals surface area contributed by atoms with E-state index in [1.165, 1.54) is 29.8 Å². The van der Waals surface area contributed by atoms with Crippen molar-refractivity contribution in [1.29, 1.82) is 0 Å². The van der Waals surface area contributed by atoms with E-state index in [4.69, 9.17) is 17.0 Å². The fourth-order valence-electron chi connectivity index (χ4n) is 2.53. The summed E-state index contributed by atoms with van der Waals surface area (Å²) in [6.45, 7) is 0.555. The second-order valence-electron chi connectivity index (χ2n) is 6.03. The summed E-state index contributed by atoms with van der Waals surface area (Å²) in [6.07, 6.45) is 0.810. The predicted octanol–water partition coefficient (Wildman–Crippen LogP) is 4.57. The van der Waals surface area contributed by atoms with Gasteiger partial charge in [-0.1, -0.05) is 36.4 Å². The van der Waals surface area contributed by atoms with Crippen molar-refractivity contribution in [1.82, 2.24) is 5.32 Å². The first-order valence-corrected chi connectivity index (χ1v) is 9.16. The third-order valence-corrected chi connectivity index (χ3v) is 4.13. The molecule has 28 heavy (non-hydrogen) atoms. The van der Waals surface area contributed by atoms with Gasteiger partial charge in [0, 0.05) is 23.7 Å². The van der Waals surface area contributed by atoms with E-state index in [1.54, 1.807) is 6.07 Å².